The molecule has 0 aliphatic carbocycles. The van der Waals surface area contributed by atoms with E-state index in [2.05, 4.69) is 10.3 Å². The number of amides is 1. The summed E-state index contributed by atoms with van der Waals surface area (Å²) in [5.74, 6) is -0.503. The summed E-state index contributed by atoms with van der Waals surface area (Å²) < 4.78 is 10.3. The Labute approximate surface area is 154 Å². The van der Waals surface area contributed by atoms with E-state index in [1.807, 2.05) is 6.07 Å². The molecule has 0 bridgehead atoms. The number of carbonyl (C=O) groups excluding carboxylic acids is 2. The first kappa shape index (κ1) is 17.7. The minimum atomic E-state index is -0.533. The van der Waals surface area contributed by atoms with Gasteiger partial charge in [0, 0.05) is 11.6 Å². The predicted molar refractivity (Wildman–Crippen MR) is 98.7 cm³/mol. The molecule has 1 N–H and O–H groups in total. The molecule has 0 saturated carbocycles. The van der Waals surface area contributed by atoms with Gasteiger partial charge in [0.25, 0.3) is 5.91 Å². The van der Waals surface area contributed by atoms with Gasteiger partial charge in [-0.05, 0) is 36.4 Å². The maximum atomic E-state index is 12.2. The number of nitrogens with one attached hydrogen (secondary N) is 1. The molecule has 3 aromatic rings. The molecule has 0 atom stereocenters. The lowest BCUT2D eigenvalue weighted by Gasteiger charge is -2.11. The van der Waals surface area contributed by atoms with Gasteiger partial charge >= 0.3 is 5.97 Å². The number of pyridine rings is 1. The number of hydrogen-bond donors (Lipinski definition) is 1. The molecular formula is C19H15ClN2O4. The molecule has 2 aromatic carbocycles. The second kappa shape index (κ2) is 7.84. The number of fused-ring (bicyclic) bond motifs is 1. The molecule has 0 spiro atoms. The normalized spacial score (nSPS) is 10.4. The smallest absolute Gasteiger partial charge is 0.339 e. The van der Waals surface area contributed by atoms with Crippen LogP contribution >= 0.6 is 11.6 Å². The lowest BCUT2D eigenvalue weighted by molar-refractivity contribution is -0.118. The third-order valence-corrected chi connectivity index (χ3v) is 3.97. The van der Waals surface area contributed by atoms with Gasteiger partial charge in [-0.3, -0.25) is 9.78 Å². The molecule has 7 heteroatoms. The van der Waals surface area contributed by atoms with Crippen molar-refractivity contribution < 1.29 is 19.1 Å². The zero-order chi connectivity index (χ0) is 18.5. The highest BCUT2D eigenvalue weighted by Gasteiger charge is 2.14. The van der Waals surface area contributed by atoms with Gasteiger partial charge in [0.05, 0.1) is 23.4 Å². The Morgan fingerprint density at radius 2 is 1.92 bits per heavy atom. The highest BCUT2D eigenvalue weighted by molar-refractivity contribution is 6.35. The van der Waals surface area contributed by atoms with Gasteiger partial charge in [0.1, 0.15) is 11.3 Å². The molecule has 0 unspecified atom stereocenters. The molecular weight excluding hydrogens is 356 g/mol. The van der Waals surface area contributed by atoms with E-state index in [1.54, 1.807) is 48.7 Å². The van der Waals surface area contributed by atoms with E-state index >= 15 is 0 Å². The van der Waals surface area contributed by atoms with Gasteiger partial charge in [0.2, 0.25) is 0 Å². The van der Waals surface area contributed by atoms with E-state index in [1.165, 1.54) is 7.11 Å². The fourth-order valence-corrected chi connectivity index (χ4v) is 2.65. The minimum absolute atomic E-state index is 0.247. The molecule has 26 heavy (non-hydrogen) atoms. The van der Waals surface area contributed by atoms with Gasteiger partial charge in [-0.1, -0.05) is 23.7 Å². The SMILES string of the molecule is COC(=O)c1ccccc1NC(=O)COc1ccc(Cl)c2cccnc12. The quantitative estimate of drug-likeness (QED) is 0.693. The van der Waals surface area contributed by atoms with Gasteiger partial charge in [0.15, 0.2) is 6.61 Å². The maximum absolute atomic E-state index is 12.2. The van der Waals surface area contributed by atoms with Crippen LogP contribution < -0.4 is 10.1 Å². The highest BCUT2D eigenvalue weighted by Crippen LogP contribution is 2.29. The van der Waals surface area contributed by atoms with Crippen molar-refractivity contribution in [2.75, 3.05) is 19.0 Å². The van der Waals surface area contributed by atoms with Gasteiger partial charge in [-0.15, -0.1) is 0 Å². The Kier molecular flexibility index (Phi) is 5.34. The first-order valence-electron chi connectivity index (χ1n) is 7.73. The standard InChI is InChI=1S/C19H15ClN2O4/c1-25-19(24)13-5-2-3-7-15(13)22-17(23)11-26-16-9-8-14(20)12-6-4-10-21-18(12)16/h2-10H,11H2,1H3,(H,22,23). The number of ether oxygens (including phenoxy) is 2. The molecule has 132 valence electrons. The van der Waals surface area contributed by atoms with Crippen LogP contribution in [0.2, 0.25) is 5.02 Å². The first-order valence-corrected chi connectivity index (χ1v) is 8.11. The number of carbonyl (C=O) groups is 2. The van der Waals surface area contributed by atoms with Crippen molar-refractivity contribution in [1.82, 2.24) is 4.98 Å². The van der Waals surface area contributed by atoms with Crippen LogP contribution in [0.25, 0.3) is 10.9 Å². The van der Waals surface area contributed by atoms with Crippen molar-refractivity contribution in [3.63, 3.8) is 0 Å². The summed E-state index contributed by atoms with van der Waals surface area (Å²) in [4.78, 5) is 28.2. The number of methoxy groups -OCH3 is 1. The van der Waals surface area contributed by atoms with Crippen molar-refractivity contribution in [3.8, 4) is 5.75 Å². The third kappa shape index (κ3) is 3.75. The molecule has 1 amide bonds. The van der Waals surface area contributed by atoms with Crippen molar-refractivity contribution >= 4 is 40.1 Å². The number of benzene rings is 2. The molecule has 1 heterocycles. The van der Waals surface area contributed by atoms with Crippen LogP contribution in [0.15, 0.2) is 54.7 Å². The van der Waals surface area contributed by atoms with E-state index in [-0.39, 0.29) is 12.2 Å². The van der Waals surface area contributed by atoms with Crippen LogP contribution in [0.3, 0.4) is 0 Å². The van der Waals surface area contributed by atoms with Crippen molar-refractivity contribution in [3.05, 3.63) is 65.3 Å². The minimum Gasteiger partial charge on any atom is -0.481 e. The van der Waals surface area contributed by atoms with Crippen LogP contribution in [0, 0.1) is 0 Å². The fourth-order valence-electron chi connectivity index (χ4n) is 2.44. The predicted octanol–water partition coefficient (Wildman–Crippen LogP) is 3.69. The average molecular weight is 371 g/mol. The number of anilines is 1. The topological polar surface area (TPSA) is 77.5 Å². The van der Waals surface area contributed by atoms with Crippen molar-refractivity contribution in [2.24, 2.45) is 0 Å². The number of hydrogen-bond acceptors (Lipinski definition) is 5. The summed E-state index contributed by atoms with van der Waals surface area (Å²) in [7, 11) is 1.28. The summed E-state index contributed by atoms with van der Waals surface area (Å²) in [5, 5.41) is 3.94. The zero-order valence-electron chi connectivity index (χ0n) is 13.9. The molecule has 0 fully saturated rings. The summed E-state index contributed by atoms with van der Waals surface area (Å²) in [5.41, 5.74) is 1.19. The third-order valence-electron chi connectivity index (χ3n) is 3.64. The van der Waals surface area contributed by atoms with E-state index < -0.39 is 11.9 Å². The van der Waals surface area contributed by atoms with Gasteiger partial charge in [-0.2, -0.15) is 0 Å². The molecule has 6 nitrogen and oxygen atoms in total. The van der Waals surface area contributed by atoms with Crippen molar-refractivity contribution in [2.45, 2.75) is 0 Å². The molecule has 1 aromatic heterocycles. The number of aromatic nitrogens is 1. The van der Waals surface area contributed by atoms with E-state index in [4.69, 9.17) is 21.1 Å². The lowest BCUT2D eigenvalue weighted by atomic mass is 10.2. The van der Waals surface area contributed by atoms with Gasteiger partial charge < -0.3 is 14.8 Å². The Hall–Kier alpha value is -3.12. The number of para-hydroxylation sites is 1. The number of rotatable bonds is 5. The summed E-state index contributed by atoms with van der Waals surface area (Å²) in [6.07, 6.45) is 1.62. The van der Waals surface area contributed by atoms with Crippen LogP contribution in [-0.2, 0) is 9.53 Å². The second-order valence-corrected chi connectivity index (χ2v) is 5.73. The van der Waals surface area contributed by atoms with E-state index in [9.17, 15) is 9.59 Å². The summed E-state index contributed by atoms with van der Waals surface area (Å²) in [6.45, 7) is -0.247. The van der Waals surface area contributed by atoms with Crippen LogP contribution in [0.4, 0.5) is 5.69 Å². The zero-order valence-corrected chi connectivity index (χ0v) is 14.6. The van der Waals surface area contributed by atoms with Gasteiger partial charge in [-0.25, -0.2) is 4.79 Å². The first-order chi connectivity index (χ1) is 12.6. The molecule has 0 aliphatic heterocycles. The molecule has 3 rings (SSSR count). The number of esters is 1. The highest BCUT2D eigenvalue weighted by atomic mass is 35.5. The van der Waals surface area contributed by atoms with Crippen LogP contribution in [0.5, 0.6) is 5.75 Å². The van der Waals surface area contributed by atoms with Crippen molar-refractivity contribution in [1.29, 1.82) is 0 Å². The fraction of sp³-hybridized carbons (Fsp3) is 0.105. The maximum Gasteiger partial charge on any atom is 0.339 e. The Morgan fingerprint density at radius 1 is 1.12 bits per heavy atom. The summed E-state index contributed by atoms with van der Waals surface area (Å²) in [6, 6.07) is 13.5. The van der Waals surface area contributed by atoms with E-state index in [0.29, 0.717) is 22.0 Å². The Balaban J connectivity index is 1.73. The van der Waals surface area contributed by atoms with Crippen LogP contribution in [-0.4, -0.2) is 30.6 Å². The number of nitrogens with zero attached hydrogens (tertiary/aromatic N) is 1. The lowest BCUT2D eigenvalue weighted by Crippen LogP contribution is -2.21. The largest absolute Gasteiger partial charge is 0.481 e. The average Bonchev–Trinajstić information content (AvgIpc) is 2.67. The molecule has 0 radical (unpaired) electrons. The number of halogens is 1. The van der Waals surface area contributed by atoms with Crippen LogP contribution in [0.1, 0.15) is 10.4 Å². The Bertz CT molecular complexity index is 975. The second-order valence-electron chi connectivity index (χ2n) is 5.32. The Morgan fingerprint density at radius 3 is 2.73 bits per heavy atom. The molecule has 0 saturated heterocycles. The van der Waals surface area contributed by atoms with E-state index in [0.717, 1.165) is 5.39 Å². The summed E-state index contributed by atoms with van der Waals surface area (Å²) >= 11 is 6.14. The molecule has 0 aliphatic rings. The monoisotopic (exact) mass is 370 g/mol.